The fraction of sp³-hybridized carbons (Fsp3) is 0.0625. The minimum Gasteiger partial charge on any atom is -0.345 e. The fourth-order valence-corrected chi connectivity index (χ4v) is 3.18. The van der Waals surface area contributed by atoms with Crippen LogP contribution in [0.1, 0.15) is 16.2 Å². The standard InChI is InChI=1S/C16H12N6O3S/c23-15(17-9-11-10-20-6-7-26-16(20)18-11)14-4-5-21(19-14)12-2-1-3-13(8-12)22(24)25/h1-8,10H,9H2,(H,17,23). The molecule has 0 saturated heterocycles. The Labute approximate surface area is 150 Å². The van der Waals surface area contributed by atoms with Gasteiger partial charge < -0.3 is 5.32 Å². The number of nitrogens with zero attached hydrogens (tertiary/aromatic N) is 5. The van der Waals surface area contributed by atoms with Crippen LogP contribution in [0.2, 0.25) is 0 Å². The summed E-state index contributed by atoms with van der Waals surface area (Å²) in [6.45, 7) is 0.289. The molecular weight excluding hydrogens is 356 g/mol. The van der Waals surface area contributed by atoms with Crippen molar-refractivity contribution in [3.63, 3.8) is 0 Å². The molecule has 3 aromatic heterocycles. The number of fused-ring (bicyclic) bond motifs is 1. The van der Waals surface area contributed by atoms with Crippen molar-refractivity contribution in [2.75, 3.05) is 0 Å². The number of rotatable bonds is 5. The zero-order valence-electron chi connectivity index (χ0n) is 13.3. The molecule has 0 saturated carbocycles. The highest BCUT2D eigenvalue weighted by Gasteiger charge is 2.13. The quantitative estimate of drug-likeness (QED) is 0.430. The number of hydrogen-bond donors (Lipinski definition) is 1. The van der Waals surface area contributed by atoms with Gasteiger partial charge in [-0.25, -0.2) is 9.67 Å². The summed E-state index contributed by atoms with van der Waals surface area (Å²) in [5.74, 6) is -0.342. The van der Waals surface area contributed by atoms with Gasteiger partial charge in [0.1, 0.15) is 0 Å². The van der Waals surface area contributed by atoms with Gasteiger partial charge in [-0.3, -0.25) is 19.3 Å². The zero-order chi connectivity index (χ0) is 18.1. The fourth-order valence-electron chi connectivity index (χ4n) is 2.46. The van der Waals surface area contributed by atoms with Gasteiger partial charge in [-0.05, 0) is 12.1 Å². The Kier molecular flexibility index (Phi) is 3.93. The van der Waals surface area contributed by atoms with Crippen molar-refractivity contribution in [2.45, 2.75) is 6.54 Å². The number of thiazole rings is 1. The molecule has 0 aliphatic heterocycles. The lowest BCUT2D eigenvalue weighted by molar-refractivity contribution is -0.384. The van der Waals surface area contributed by atoms with Crippen molar-refractivity contribution in [3.05, 3.63) is 75.8 Å². The van der Waals surface area contributed by atoms with Gasteiger partial charge >= 0.3 is 0 Å². The first kappa shape index (κ1) is 16.0. The molecule has 0 fully saturated rings. The monoisotopic (exact) mass is 368 g/mol. The summed E-state index contributed by atoms with van der Waals surface area (Å²) in [5, 5.41) is 19.8. The van der Waals surface area contributed by atoms with Crippen LogP contribution in [-0.4, -0.2) is 30.0 Å². The zero-order valence-corrected chi connectivity index (χ0v) is 14.1. The SMILES string of the molecule is O=C(NCc1cn2ccsc2n1)c1ccn(-c2cccc([N+](=O)[O-])c2)n1. The number of nitro groups is 1. The third kappa shape index (κ3) is 3.05. The van der Waals surface area contributed by atoms with Crippen LogP contribution in [0.15, 0.2) is 54.3 Å². The van der Waals surface area contributed by atoms with Gasteiger partial charge in [0, 0.05) is 36.1 Å². The summed E-state index contributed by atoms with van der Waals surface area (Å²) in [6.07, 6.45) is 5.34. The van der Waals surface area contributed by atoms with Crippen LogP contribution < -0.4 is 5.32 Å². The number of benzene rings is 1. The topological polar surface area (TPSA) is 107 Å². The van der Waals surface area contributed by atoms with E-state index >= 15 is 0 Å². The molecule has 1 amide bonds. The normalized spacial score (nSPS) is 10.9. The number of carbonyl (C=O) groups excluding carboxylic acids is 1. The van der Waals surface area contributed by atoms with E-state index in [0.717, 1.165) is 10.7 Å². The van der Waals surface area contributed by atoms with Crippen molar-refractivity contribution in [1.82, 2.24) is 24.5 Å². The number of nitrogens with one attached hydrogen (secondary N) is 1. The van der Waals surface area contributed by atoms with Gasteiger partial charge in [0.2, 0.25) is 0 Å². The molecule has 0 spiro atoms. The number of imidazole rings is 1. The first-order valence-corrected chi connectivity index (χ1v) is 8.48. The molecule has 4 aromatic rings. The molecule has 10 heteroatoms. The Bertz CT molecular complexity index is 1080. The van der Waals surface area contributed by atoms with Gasteiger partial charge in [0.05, 0.1) is 22.8 Å². The Balaban J connectivity index is 1.46. The molecule has 4 rings (SSSR count). The summed E-state index contributed by atoms with van der Waals surface area (Å²) < 4.78 is 3.32. The highest BCUT2D eigenvalue weighted by atomic mass is 32.1. The van der Waals surface area contributed by atoms with Gasteiger partial charge in [-0.2, -0.15) is 5.10 Å². The average molecular weight is 368 g/mol. The Hall–Kier alpha value is -3.53. The van der Waals surface area contributed by atoms with Crippen LogP contribution in [0.25, 0.3) is 10.6 Å². The first-order valence-electron chi connectivity index (χ1n) is 7.60. The molecular formula is C16H12N6O3S. The van der Waals surface area contributed by atoms with E-state index < -0.39 is 4.92 Å². The number of aromatic nitrogens is 4. The molecule has 0 unspecified atom stereocenters. The minimum absolute atomic E-state index is 0.0382. The van der Waals surface area contributed by atoms with Crippen molar-refractivity contribution in [1.29, 1.82) is 0 Å². The second-order valence-corrected chi connectivity index (χ2v) is 6.30. The summed E-state index contributed by atoms with van der Waals surface area (Å²) in [7, 11) is 0. The molecule has 0 aliphatic rings. The predicted molar refractivity (Wildman–Crippen MR) is 94.5 cm³/mol. The molecule has 130 valence electrons. The Morgan fingerprint density at radius 2 is 2.19 bits per heavy atom. The second-order valence-electron chi connectivity index (χ2n) is 5.43. The van der Waals surface area contributed by atoms with Gasteiger partial charge in [-0.1, -0.05) is 6.07 Å². The highest BCUT2D eigenvalue weighted by Crippen LogP contribution is 2.16. The molecule has 0 atom stereocenters. The van der Waals surface area contributed by atoms with Gasteiger partial charge in [0.15, 0.2) is 10.7 Å². The summed E-state index contributed by atoms with van der Waals surface area (Å²) in [4.78, 5) is 27.9. The largest absolute Gasteiger partial charge is 0.345 e. The second kappa shape index (κ2) is 6.41. The number of non-ortho nitro benzene ring substituents is 1. The lowest BCUT2D eigenvalue weighted by atomic mass is 10.3. The van der Waals surface area contributed by atoms with Crippen LogP contribution >= 0.6 is 11.3 Å². The molecule has 1 N–H and O–H groups in total. The van der Waals surface area contributed by atoms with E-state index in [1.165, 1.54) is 28.2 Å². The van der Waals surface area contributed by atoms with Crippen LogP contribution in [0.4, 0.5) is 5.69 Å². The maximum absolute atomic E-state index is 12.3. The molecule has 1 aromatic carbocycles. The molecule has 0 aliphatic carbocycles. The predicted octanol–water partition coefficient (Wildman–Crippen LogP) is 2.42. The Morgan fingerprint density at radius 1 is 1.31 bits per heavy atom. The van der Waals surface area contributed by atoms with Crippen molar-refractivity contribution >= 4 is 27.9 Å². The van der Waals surface area contributed by atoms with Crippen LogP contribution in [0.5, 0.6) is 0 Å². The van der Waals surface area contributed by atoms with Gasteiger partial charge in [-0.15, -0.1) is 11.3 Å². The Morgan fingerprint density at radius 3 is 3.00 bits per heavy atom. The third-order valence-electron chi connectivity index (χ3n) is 3.70. The molecule has 26 heavy (non-hydrogen) atoms. The number of carbonyl (C=O) groups is 1. The lowest BCUT2D eigenvalue weighted by Crippen LogP contribution is -2.23. The average Bonchev–Trinajstić information content (AvgIpc) is 3.35. The van der Waals surface area contributed by atoms with E-state index in [1.54, 1.807) is 24.4 Å². The van der Waals surface area contributed by atoms with Gasteiger partial charge in [0.25, 0.3) is 11.6 Å². The van der Waals surface area contributed by atoms with E-state index in [9.17, 15) is 14.9 Å². The summed E-state index contributed by atoms with van der Waals surface area (Å²) >= 11 is 1.52. The first-order chi connectivity index (χ1) is 12.6. The van der Waals surface area contributed by atoms with Crippen LogP contribution in [-0.2, 0) is 6.54 Å². The maximum Gasteiger partial charge on any atom is 0.272 e. The van der Waals surface area contributed by atoms with E-state index in [4.69, 9.17) is 0 Å². The van der Waals surface area contributed by atoms with Crippen LogP contribution in [0.3, 0.4) is 0 Å². The van der Waals surface area contributed by atoms with Crippen molar-refractivity contribution in [3.8, 4) is 5.69 Å². The number of nitro benzene ring substituents is 1. The van der Waals surface area contributed by atoms with Crippen molar-refractivity contribution < 1.29 is 9.72 Å². The molecule has 3 heterocycles. The number of hydrogen-bond acceptors (Lipinski definition) is 6. The molecule has 9 nitrogen and oxygen atoms in total. The highest BCUT2D eigenvalue weighted by molar-refractivity contribution is 7.15. The van der Waals surface area contributed by atoms with Crippen molar-refractivity contribution in [2.24, 2.45) is 0 Å². The van der Waals surface area contributed by atoms with E-state index in [0.29, 0.717) is 5.69 Å². The summed E-state index contributed by atoms with van der Waals surface area (Å²) in [5.41, 5.74) is 1.44. The maximum atomic E-state index is 12.3. The lowest BCUT2D eigenvalue weighted by Gasteiger charge is -2.02. The molecule has 0 bridgehead atoms. The van der Waals surface area contributed by atoms with E-state index in [2.05, 4.69) is 15.4 Å². The third-order valence-corrected chi connectivity index (χ3v) is 4.47. The van der Waals surface area contributed by atoms with E-state index in [-0.39, 0.29) is 23.8 Å². The van der Waals surface area contributed by atoms with E-state index in [1.807, 2.05) is 22.2 Å². The van der Waals surface area contributed by atoms with Crippen LogP contribution in [0, 0.1) is 10.1 Å². The molecule has 0 radical (unpaired) electrons. The summed E-state index contributed by atoms with van der Waals surface area (Å²) in [6, 6.07) is 7.60. The smallest absolute Gasteiger partial charge is 0.272 e. The minimum atomic E-state index is -0.476. The number of amides is 1.